The van der Waals surface area contributed by atoms with Crippen molar-refractivity contribution < 1.29 is 13.6 Å². The lowest BCUT2D eigenvalue weighted by molar-refractivity contribution is 0.215. The number of rotatable bonds is 2. The summed E-state index contributed by atoms with van der Waals surface area (Å²) >= 11 is 0. The molecule has 2 aliphatic heterocycles. The van der Waals surface area contributed by atoms with E-state index in [0.717, 1.165) is 17.7 Å². The molecule has 0 spiro atoms. The first-order valence-corrected chi connectivity index (χ1v) is 7.99. The molecule has 1 saturated heterocycles. The van der Waals surface area contributed by atoms with Gasteiger partial charge in [0, 0.05) is 27.4 Å². The van der Waals surface area contributed by atoms with Gasteiger partial charge in [0.2, 0.25) is 0 Å². The molecule has 0 saturated carbocycles. The van der Waals surface area contributed by atoms with Gasteiger partial charge in [-0.15, -0.1) is 0 Å². The highest BCUT2D eigenvalue weighted by Gasteiger charge is 2.49. The molecule has 0 unspecified atom stereocenters. The van der Waals surface area contributed by atoms with Crippen LogP contribution in [0.25, 0.3) is 0 Å². The van der Waals surface area contributed by atoms with Crippen molar-refractivity contribution in [1.82, 2.24) is 4.90 Å². The quantitative estimate of drug-likeness (QED) is 0.885. The largest absolute Gasteiger partial charge is 0.417 e. The maximum absolute atomic E-state index is 12.1. The molecular weight excluding hydrogens is 302 g/mol. The van der Waals surface area contributed by atoms with Gasteiger partial charge in [-0.1, -0.05) is 25.1 Å². The molecule has 5 heteroatoms. The van der Waals surface area contributed by atoms with Crippen molar-refractivity contribution >= 4 is 17.5 Å². The third-order valence-corrected chi connectivity index (χ3v) is 4.92. The zero-order valence-electron chi connectivity index (χ0n) is 16.4. The van der Waals surface area contributed by atoms with Crippen molar-refractivity contribution in [1.29, 1.82) is 0 Å². The summed E-state index contributed by atoms with van der Waals surface area (Å²) in [5.41, 5.74) is 2.16. The van der Waals surface area contributed by atoms with E-state index in [2.05, 4.69) is 17.6 Å². The maximum Gasteiger partial charge on any atom is 0.417 e. The Morgan fingerprint density at radius 3 is 3.00 bits per heavy atom. The van der Waals surface area contributed by atoms with Gasteiger partial charge in [0.15, 0.2) is 0 Å². The third-order valence-electron chi connectivity index (χ3n) is 4.92. The summed E-state index contributed by atoms with van der Waals surface area (Å²) in [6.45, 7) is 0.395. The second-order valence-electron chi connectivity index (χ2n) is 6.50. The Kier molecular flexibility index (Phi) is 2.75. The Bertz CT molecular complexity index is 872. The second kappa shape index (κ2) is 5.53. The number of hydrogen-bond donors (Lipinski definition) is 2. The van der Waals surface area contributed by atoms with Gasteiger partial charge in [-0.05, 0) is 49.3 Å². The van der Waals surface area contributed by atoms with Crippen LogP contribution >= 0.6 is 0 Å². The van der Waals surface area contributed by atoms with Crippen LogP contribution in [0.1, 0.15) is 23.0 Å². The minimum atomic E-state index is -2.15. The van der Waals surface area contributed by atoms with Crippen molar-refractivity contribution in [2.75, 3.05) is 24.2 Å². The maximum atomic E-state index is 12.1. The SMILES string of the molecule is [2H]C([2H])([2H])N1CC[C@@]2(C)c3cc(OC(=O)Nc4ccccc4)ccc3N[C@@H]12. The summed E-state index contributed by atoms with van der Waals surface area (Å²) in [5.74, 6) is 0.429. The predicted molar refractivity (Wildman–Crippen MR) is 94.5 cm³/mol. The Hall–Kier alpha value is -2.53. The standard InChI is InChI=1S/C19H21N3O2/c1-19-10-11-22(2)17(19)21-16-9-8-14(12-15(16)19)24-18(23)20-13-6-4-3-5-7-13/h3-9,12,17,21H,10-11H2,1-2H3,(H,20,23)/t17-,19-/m0/s1/i2D3. The van der Waals surface area contributed by atoms with Crippen LogP contribution in [0.4, 0.5) is 16.2 Å². The number of carbonyl (C=O) groups is 1. The van der Waals surface area contributed by atoms with Gasteiger partial charge >= 0.3 is 6.09 Å². The molecular formula is C19H21N3O2. The molecule has 4 rings (SSSR count). The Balaban J connectivity index is 1.53. The van der Waals surface area contributed by atoms with Gasteiger partial charge in [0.05, 0.1) is 6.17 Å². The van der Waals surface area contributed by atoms with Gasteiger partial charge in [-0.2, -0.15) is 0 Å². The van der Waals surface area contributed by atoms with Crippen molar-refractivity contribution in [3.63, 3.8) is 0 Å². The van der Waals surface area contributed by atoms with Gasteiger partial charge < -0.3 is 10.1 Å². The predicted octanol–water partition coefficient (Wildman–Crippen LogP) is 3.64. The van der Waals surface area contributed by atoms with E-state index in [1.54, 1.807) is 18.2 Å². The minimum Gasteiger partial charge on any atom is -0.410 e. The lowest BCUT2D eigenvalue weighted by Crippen LogP contribution is -2.39. The zero-order chi connectivity index (χ0) is 19.2. The topological polar surface area (TPSA) is 53.6 Å². The summed E-state index contributed by atoms with van der Waals surface area (Å²) < 4.78 is 28.7. The summed E-state index contributed by atoms with van der Waals surface area (Å²) in [7, 11) is 0. The van der Waals surface area contributed by atoms with Crippen LogP contribution in [0, 0.1) is 0 Å². The molecule has 124 valence electrons. The molecule has 2 N–H and O–H groups in total. The van der Waals surface area contributed by atoms with Crippen LogP contribution in [0.3, 0.4) is 0 Å². The average Bonchev–Trinajstić information content (AvgIpc) is 3.07. The fraction of sp³-hybridized carbons (Fsp3) is 0.316. The van der Waals surface area contributed by atoms with Gasteiger partial charge in [-0.3, -0.25) is 10.2 Å². The number of para-hydroxylation sites is 1. The van der Waals surface area contributed by atoms with E-state index >= 15 is 0 Å². The molecule has 0 aliphatic carbocycles. The first-order valence-electron chi connectivity index (χ1n) is 9.49. The molecule has 1 fully saturated rings. The van der Waals surface area contributed by atoms with Gasteiger partial charge in [-0.25, -0.2) is 4.79 Å². The third kappa shape index (κ3) is 2.41. The number of benzene rings is 2. The first kappa shape index (κ1) is 11.9. The lowest BCUT2D eigenvalue weighted by atomic mass is 9.81. The molecule has 0 radical (unpaired) electrons. The van der Waals surface area contributed by atoms with Crippen LogP contribution in [0.15, 0.2) is 48.5 Å². The number of nitrogens with zero attached hydrogens (tertiary/aromatic N) is 1. The summed E-state index contributed by atoms with van der Waals surface area (Å²) in [6, 6.07) is 14.5. The number of hydrogen-bond acceptors (Lipinski definition) is 4. The summed E-state index contributed by atoms with van der Waals surface area (Å²) in [4.78, 5) is 13.7. The zero-order valence-corrected chi connectivity index (χ0v) is 13.4. The number of likely N-dealkylation sites (tertiary alicyclic amines) is 1. The summed E-state index contributed by atoms with van der Waals surface area (Å²) in [5, 5.41) is 6.01. The Morgan fingerprint density at radius 2 is 2.21 bits per heavy atom. The fourth-order valence-electron chi connectivity index (χ4n) is 3.59. The van der Waals surface area contributed by atoms with Crippen molar-refractivity contribution in [3.05, 3.63) is 54.1 Å². The van der Waals surface area contributed by atoms with E-state index in [4.69, 9.17) is 8.85 Å². The van der Waals surface area contributed by atoms with Gasteiger partial charge in [0.1, 0.15) is 5.75 Å². The van der Waals surface area contributed by atoms with E-state index in [9.17, 15) is 4.79 Å². The second-order valence-corrected chi connectivity index (χ2v) is 6.50. The smallest absolute Gasteiger partial charge is 0.410 e. The van der Waals surface area contributed by atoms with E-state index < -0.39 is 13.1 Å². The molecule has 5 nitrogen and oxygen atoms in total. The van der Waals surface area contributed by atoms with E-state index in [1.165, 1.54) is 4.90 Å². The van der Waals surface area contributed by atoms with E-state index in [0.29, 0.717) is 18.0 Å². The number of nitrogens with one attached hydrogen (secondary N) is 2. The van der Waals surface area contributed by atoms with E-state index in [1.807, 2.05) is 30.3 Å². The number of carbonyl (C=O) groups excluding carboxylic acids is 1. The number of fused-ring (bicyclic) bond motifs is 3. The molecule has 2 aromatic carbocycles. The van der Waals surface area contributed by atoms with Crippen LogP contribution in [-0.2, 0) is 5.41 Å². The molecule has 2 aromatic rings. The highest BCUT2D eigenvalue weighted by Crippen LogP contribution is 2.48. The molecule has 1 amide bonds. The molecule has 2 atom stereocenters. The first-order chi connectivity index (χ1) is 12.8. The molecule has 2 heterocycles. The Morgan fingerprint density at radius 1 is 1.38 bits per heavy atom. The van der Waals surface area contributed by atoms with E-state index in [-0.39, 0.29) is 11.6 Å². The monoisotopic (exact) mass is 326 g/mol. The number of ether oxygens (including phenoxy) is 1. The van der Waals surface area contributed by atoms with Crippen LogP contribution in [0.5, 0.6) is 5.75 Å². The molecule has 0 aromatic heterocycles. The fourth-order valence-corrected chi connectivity index (χ4v) is 3.59. The molecule has 2 aliphatic rings. The number of amides is 1. The molecule has 0 bridgehead atoms. The molecule has 24 heavy (non-hydrogen) atoms. The summed E-state index contributed by atoms with van der Waals surface area (Å²) in [6.07, 6.45) is -0.145. The van der Waals surface area contributed by atoms with Crippen LogP contribution < -0.4 is 15.4 Å². The van der Waals surface area contributed by atoms with Crippen LogP contribution in [0.2, 0.25) is 0 Å². The number of likely N-dealkylation sites (N-methyl/N-ethyl adjacent to an activating group) is 1. The highest BCUT2D eigenvalue weighted by atomic mass is 16.6. The Labute approximate surface area is 145 Å². The number of anilines is 2. The minimum absolute atomic E-state index is 0.298. The van der Waals surface area contributed by atoms with Crippen LogP contribution in [-0.4, -0.2) is 30.7 Å². The highest BCUT2D eigenvalue weighted by molar-refractivity contribution is 5.86. The van der Waals surface area contributed by atoms with Crippen molar-refractivity contribution in [2.24, 2.45) is 0 Å². The normalized spacial score (nSPS) is 27.2. The van der Waals surface area contributed by atoms with Crippen molar-refractivity contribution in [2.45, 2.75) is 24.9 Å². The average molecular weight is 326 g/mol. The van der Waals surface area contributed by atoms with Crippen molar-refractivity contribution in [3.8, 4) is 5.75 Å². The van der Waals surface area contributed by atoms with Gasteiger partial charge in [0.25, 0.3) is 0 Å². The lowest BCUT2D eigenvalue weighted by Gasteiger charge is -2.27.